The highest BCUT2D eigenvalue weighted by atomic mass is 33.1. The molecule has 12 amide bonds. The third-order valence-corrected chi connectivity index (χ3v) is 20.4. The maximum Gasteiger partial charge on any atom is 0.322 e. The van der Waals surface area contributed by atoms with Gasteiger partial charge in [-0.15, -0.1) is 11.8 Å². The number of carbonyl (C=O) groups is 15. The van der Waals surface area contributed by atoms with E-state index < -0.39 is 186 Å². The molecule has 40 nitrogen and oxygen atoms in total. The van der Waals surface area contributed by atoms with E-state index in [1.54, 1.807) is 44.2 Å². The van der Waals surface area contributed by atoms with E-state index in [4.69, 9.17) is 16.6 Å². The van der Waals surface area contributed by atoms with Gasteiger partial charge in [0, 0.05) is 100.0 Å². The first-order chi connectivity index (χ1) is 50.5. The van der Waals surface area contributed by atoms with Crippen molar-refractivity contribution in [3.05, 3.63) is 45.7 Å². The molecular weight excluding hydrogens is 1470 g/mol. The molecule has 0 bridgehead atoms. The fraction of sp³-hybridized carbons (Fsp3) is 0.656. The van der Waals surface area contributed by atoms with Crippen molar-refractivity contribution in [2.45, 2.75) is 177 Å². The number of rotatable bonds is 44. The highest BCUT2D eigenvalue weighted by Crippen LogP contribution is 2.24. The van der Waals surface area contributed by atoms with E-state index in [0.717, 1.165) is 33.3 Å². The Hall–Kier alpha value is -9.33. The minimum absolute atomic E-state index is 0.00187. The molecule has 1 aromatic rings. The third-order valence-electron chi connectivity index (χ3n) is 17.0. The molecule has 1 aromatic carbocycles. The molecule has 596 valence electrons. The van der Waals surface area contributed by atoms with Crippen LogP contribution in [0.2, 0.25) is 0 Å². The zero-order valence-electron chi connectivity index (χ0n) is 60.6. The number of benzene rings is 1. The SMILES string of the molecule is CC(N=O)C(C)(C)NCCN(CCNC(=O)CCC(=O)NCCCC[C@H]1NC(=O)CSC[C@@H](C(=O)N[C@@H](CCCN=C(N)N)C(=O)NCC(=O)N[C@@H](CC(=O)O)C(=O)N[C@H]2CSSC[C@@H](C(=O)NCC(=O)O)NC(=O)[C@H](Cc3ccccc3)NC2=O)NC(=O)[C@H](CC(=O)O)NC1=O)CCNC(C)(C)C(C)N=O. The smallest absolute Gasteiger partial charge is 0.322 e. The first-order valence-corrected chi connectivity index (χ1v) is 38.1. The molecule has 0 spiro atoms. The zero-order valence-corrected chi connectivity index (χ0v) is 63.0. The number of carboxylic acids is 3. The van der Waals surface area contributed by atoms with Crippen LogP contribution in [-0.2, 0) is 78.3 Å². The second-order valence-corrected chi connectivity index (χ2v) is 29.8. The van der Waals surface area contributed by atoms with Gasteiger partial charge in [0.05, 0.1) is 25.1 Å². The molecule has 43 heteroatoms. The topological polar surface area (TPSA) is 612 Å². The fourth-order valence-corrected chi connectivity index (χ4v) is 13.2. The van der Waals surface area contributed by atoms with Gasteiger partial charge in [0.15, 0.2) is 5.96 Å². The van der Waals surface area contributed by atoms with Crippen LogP contribution in [0.3, 0.4) is 0 Å². The van der Waals surface area contributed by atoms with E-state index in [0.29, 0.717) is 38.3 Å². The third kappa shape index (κ3) is 36.7. The quantitative estimate of drug-likeness (QED) is 0.00957. The summed E-state index contributed by atoms with van der Waals surface area (Å²) in [5, 5.41) is 71.1. The van der Waals surface area contributed by atoms with Crippen molar-refractivity contribution in [1.82, 2.24) is 79.3 Å². The number of carboxylic acid groups (broad SMARTS) is 3. The summed E-state index contributed by atoms with van der Waals surface area (Å²) >= 11 is 0.812. The van der Waals surface area contributed by atoms with Gasteiger partial charge in [-0.05, 0) is 79.2 Å². The van der Waals surface area contributed by atoms with Crippen LogP contribution < -0.4 is 85.9 Å². The number of guanidine groups is 1. The molecule has 2 fully saturated rings. The van der Waals surface area contributed by atoms with Gasteiger partial charge in [-0.1, -0.05) is 62.3 Å². The minimum atomic E-state index is -1.91. The summed E-state index contributed by atoms with van der Waals surface area (Å²) in [6.07, 6.45) is -2.28. The number of unbranched alkanes of at least 4 members (excludes halogenated alkanes) is 1. The van der Waals surface area contributed by atoms with E-state index in [2.05, 4.69) is 94.7 Å². The first-order valence-electron chi connectivity index (χ1n) is 34.5. The van der Waals surface area contributed by atoms with E-state index in [1.807, 2.05) is 27.7 Å². The molecule has 2 saturated heterocycles. The lowest BCUT2D eigenvalue weighted by Gasteiger charge is -2.32. The van der Waals surface area contributed by atoms with E-state index >= 15 is 0 Å². The van der Waals surface area contributed by atoms with Crippen LogP contribution in [0.15, 0.2) is 45.7 Å². The highest BCUT2D eigenvalue weighted by Gasteiger charge is 2.37. The molecule has 2 unspecified atom stereocenters. The van der Waals surface area contributed by atoms with Crippen LogP contribution in [0.4, 0.5) is 0 Å². The van der Waals surface area contributed by atoms with Crippen molar-refractivity contribution in [3.8, 4) is 0 Å². The second kappa shape index (κ2) is 48.1. The predicted octanol–water partition coefficient (Wildman–Crippen LogP) is -4.90. The standard InChI is InChI=1S/C64H102N20O20S3/c1-36(82-103)63(3,4)72-22-25-84(26-23-73-64(5,6)37(2)83-104)24-21-68-48(86)18-17-47(85)67-19-11-10-15-40-56(97)78-43(29-52(91)92)59(100)79-44(32-105-35-50(88)74-40)60(101)76-39(16-12-20-69-62(65)66)54(95)70-30-49(87)75-42(28-51(89)90)58(99)81-46-34-107-106-33-45(55(96)71-31-53(93)94)80-57(98)41(77-61(46)102)27-38-13-8-7-9-14-38/h7-9,13-14,36-37,39-46,72-73H,10-12,15-35H2,1-6H3,(H,67,85)(H,68,86)(H,70,95)(H,71,96)(H,74,88)(H,75,87)(H,76,101)(H,77,102)(H,78,97)(H,79,100)(H,80,98)(H,81,99)(H,89,90)(H,91,92)(H,93,94)(H4,65,66,69)/t36?,37?,39-,40+,41-,42-,43-,44-,45-,46-/m0/s1. The number of nitrogens with two attached hydrogens (primary N) is 2. The largest absolute Gasteiger partial charge is 0.481 e. The molecule has 0 saturated carbocycles. The zero-order chi connectivity index (χ0) is 79.8. The van der Waals surface area contributed by atoms with Crippen molar-refractivity contribution in [2.24, 2.45) is 26.8 Å². The van der Waals surface area contributed by atoms with Gasteiger partial charge in [0.2, 0.25) is 70.9 Å². The Labute approximate surface area is 630 Å². The summed E-state index contributed by atoms with van der Waals surface area (Å²) in [4.78, 5) is 226. The average molecular weight is 1570 g/mol. The van der Waals surface area contributed by atoms with Crippen LogP contribution in [0.5, 0.6) is 0 Å². The van der Waals surface area contributed by atoms with Gasteiger partial charge in [-0.25, -0.2) is 0 Å². The lowest BCUT2D eigenvalue weighted by atomic mass is 9.97. The Kier molecular flexibility index (Phi) is 41.3. The maximum absolute atomic E-state index is 14.1. The molecule has 2 heterocycles. The summed E-state index contributed by atoms with van der Waals surface area (Å²) in [5.74, 6) is -16.7. The fourth-order valence-electron chi connectivity index (χ4n) is 10.0. The predicted molar refractivity (Wildman–Crippen MR) is 396 cm³/mol. The number of hydrogen-bond acceptors (Lipinski definition) is 26. The number of aliphatic imine (C=N–C) groups is 1. The highest BCUT2D eigenvalue weighted by molar-refractivity contribution is 8.76. The number of carbonyl (C=O) groups excluding carboxylic acids is 12. The normalized spacial score (nSPS) is 19.4. The summed E-state index contributed by atoms with van der Waals surface area (Å²) in [7, 11) is 1.92. The van der Waals surface area contributed by atoms with Crippen molar-refractivity contribution in [2.75, 3.05) is 88.5 Å². The molecule has 107 heavy (non-hydrogen) atoms. The second-order valence-electron chi connectivity index (χ2n) is 26.3. The van der Waals surface area contributed by atoms with Crippen molar-refractivity contribution < 1.29 is 87.2 Å². The monoisotopic (exact) mass is 1570 g/mol. The number of hydrogen-bond donors (Lipinski definition) is 19. The van der Waals surface area contributed by atoms with Crippen molar-refractivity contribution in [3.63, 3.8) is 0 Å². The van der Waals surface area contributed by atoms with Gasteiger partial charge in [-0.2, -0.15) is 9.81 Å². The summed E-state index contributed by atoms with van der Waals surface area (Å²) in [6.45, 7) is 12.0. The lowest BCUT2D eigenvalue weighted by Crippen LogP contribution is -2.60. The maximum atomic E-state index is 14.1. The first kappa shape index (κ1) is 91.9. The lowest BCUT2D eigenvalue weighted by molar-refractivity contribution is -0.141. The van der Waals surface area contributed by atoms with Gasteiger partial charge in [0.25, 0.3) is 0 Å². The van der Waals surface area contributed by atoms with Crippen LogP contribution >= 0.6 is 33.3 Å². The van der Waals surface area contributed by atoms with E-state index in [9.17, 15) is 91.9 Å². The van der Waals surface area contributed by atoms with Gasteiger partial charge in [-0.3, -0.25) is 81.8 Å². The molecule has 0 aromatic heterocycles. The number of aliphatic carboxylic acids is 3. The number of amides is 12. The Balaban J connectivity index is 1.65. The molecular formula is C64H102N20O20S3. The molecule has 3 rings (SSSR count). The molecule has 0 radical (unpaired) electrons. The van der Waals surface area contributed by atoms with Gasteiger partial charge < -0.3 is 101 Å². The van der Waals surface area contributed by atoms with Crippen molar-refractivity contribution >= 4 is 128 Å². The van der Waals surface area contributed by atoms with Crippen LogP contribution in [0, 0.1) is 9.81 Å². The molecule has 10 atom stereocenters. The number of nitrogens with zero attached hydrogens (tertiary/aromatic N) is 4. The molecule has 0 aliphatic carbocycles. The average Bonchev–Trinajstić information content (AvgIpc) is 1.76. The summed E-state index contributed by atoms with van der Waals surface area (Å²) < 4.78 is 0. The Morgan fingerprint density at radius 3 is 1.75 bits per heavy atom. The molecule has 21 N–H and O–H groups in total. The van der Waals surface area contributed by atoms with E-state index in [-0.39, 0.29) is 100 Å². The molecule has 2 aliphatic rings. The van der Waals surface area contributed by atoms with Gasteiger partial charge in [0.1, 0.15) is 67.0 Å². The number of nitroso groups, excluding NO2 is 2. The minimum Gasteiger partial charge on any atom is -0.481 e. The summed E-state index contributed by atoms with van der Waals surface area (Å²) in [5.41, 5.74) is 10.4. The Morgan fingerprint density at radius 1 is 0.589 bits per heavy atom. The number of nitrogens with one attached hydrogen (secondary N) is 14. The van der Waals surface area contributed by atoms with Crippen LogP contribution in [0.1, 0.15) is 105 Å². The number of thioether (sulfide) groups is 1. The van der Waals surface area contributed by atoms with Crippen molar-refractivity contribution in [1.29, 1.82) is 0 Å². The van der Waals surface area contributed by atoms with Crippen LogP contribution in [0.25, 0.3) is 0 Å². The molecule has 2 aliphatic heterocycles. The Bertz CT molecular complexity index is 3230. The summed E-state index contributed by atoms with van der Waals surface area (Å²) in [6, 6.07) is -5.05. The van der Waals surface area contributed by atoms with Gasteiger partial charge >= 0.3 is 17.9 Å². The Morgan fingerprint density at radius 2 is 1.16 bits per heavy atom. The van der Waals surface area contributed by atoms with E-state index in [1.165, 1.54) is 0 Å². The van der Waals surface area contributed by atoms with Crippen LogP contribution in [-0.4, -0.2) is 275 Å².